The summed E-state index contributed by atoms with van der Waals surface area (Å²) in [5, 5.41) is 3.52. The second kappa shape index (κ2) is 12.2. The van der Waals surface area contributed by atoms with Crippen molar-refractivity contribution in [1.82, 2.24) is 14.9 Å². The van der Waals surface area contributed by atoms with E-state index in [0.29, 0.717) is 24.1 Å². The first-order chi connectivity index (χ1) is 13.4. The van der Waals surface area contributed by atoms with Gasteiger partial charge in [-0.05, 0) is 35.9 Å². The van der Waals surface area contributed by atoms with Crippen LogP contribution in [0.1, 0.15) is 5.56 Å². The Kier molecular flexibility index (Phi) is 10.7. The summed E-state index contributed by atoms with van der Waals surface area (Å²) in [5.41, 5.74) is 1.10. The van der Waals surface area contributed by atoms with Gasteiger partial charge >= 0.3 is 0 Å². The highest BCUT2D eigenvalue weighted by Crippen LogP contribution is 2.15. The van der Waals surface area contributed by atoms with Gasteiger partial charge < -0.3 is 15.0 Å². The second-order valence-electron chi connectivity index (χ2n) is 6.03. The van der Waals surface area contributed by atoms with Gasteiger partial charge in [0, 0.05) is 38.8 Å². The monoisotopic (exact) mass is 552 g/mol. The maximum Gasteiger partial charge on any atom is 0.240 e. The summed E-state index contributed by atoms with van der Waals surface area (Å²) in [4.78, 5) is 6.33. The lowest BCUT2D eigenvalue weighted by Gasteiger charge is -2.22. The number of hydrogen-bond donors (Lipinski definition) is 2. The van der Waals surface area contributed by atoms with Crippen LogP contribution in [-0.4, -0.2) is 53.6 Å². The predicted molar refractivity (Wildman–Crippen MR) is 128 cm³/mol. The molecule has 2 aromatic carbocycles. The number of nitrogens with zero attached hydrogens (tertiary/aromatic N) is 2. The highest BCUT2D eigenvalue weighted by atomic mass is 127. The number of aliphatic imine (C=N–C) groups is 1. The first kappa shape index (κ1) is 25.5. The van der Waals surface area contributed by atoms with Crippen molar-refractivity contribution < 1.29 is 13.2 Å². The third-order valence-corrected chi connectivity index (χ3v) is 5.65. The molecule has 10 heteroatoms. The van der Waals surface area contributed by atoms with E-state index in [1.807, 2.05) is 36.2 Å². The number of nitrogens with one attached hydrogen (secondary N) is 2. The summed E-state index contributed by atoms with van der Waals surface area (Å²) in [5.74, 6) is 1.47. The number of rotatable bonds is 8. The van der Waals surface area contributed by atoms with Crippen molar-refractivity contribution in [3.05, 3.63) is 59.1 Å². The molecule has 0 saturated heterocycles. The van der Waals surface area contributed by atoms with Gasteiger partial charge in [-0.1, -0.05) is 29.8 Å². The lowest BCUT2D eigenvalue weighted by Crippen LogP contribution is -2.42. The average Bonchev–Trinajstić information content (AvgIpc) is 2.68. The average molecular weight is 553 g/mol. The van der Waals surface area contributed by atoms with Crippen LogP contribution in [0.3, 0.4) is 0 Å². The number of hydrogen-bond acceptors (Lipinski definition) is 4. The van der Waals surface area contributed by atoms with Crippen molar-refractivity contribution in [3.8, 4) is 5.75 Å². The highest BCUT2D eigenvalue weighted by molar-refractivity contribution is 14.0. The molecule has 7 nitrogen and oxygen atoms in total. The molecule has 0 aliphatic rings. The molecule has 0 aromatic heterocycles. The standard InChI is InChI=1S/C19H25ClN4O3S.HI/c1-21-19(24(2)14-15-7-9-17(27-3)10-8-15)22-11-12-23-28(25,26)18-6-4-5-16(20)13-18;/h4-10,13,23H,11-12,14H2,1-3H3,(H,21,22);1H. The molecule has 160 valence electrons. The van der Waals surface area contributed by atoms with Crippen LogP contribution < -0.4 is 14.8 Å². The van der Waals surface area contributed by atoms with Gasteiger partial charge in [-0.2, -0.15) is 0 Å². The number of methoxy groups -OCH3 is 1. The van der Waals surface area contributed by atoms with Crippen LogP contribution >= 0.6 is 35.6 Å². The van der Waals surface area contributed by atoms with E-state index in [4.69, 9.17) is 16.3 Å². The van der Waals surface area contributed by atoms with Gasteiger partial charge in [-0.15, -0.1) is 24.0 Å². The van der Waals surface area contributed by atoms with E-state index in [0.717, 1.165) is 11.3 Å². The molecule has 0 aliphatic carbocycles. The van der Waals surface area contributed by atoms with Crippen molar-refractivity contribution in [2.24, 2.45) is 4.99 Å². The summed E-state index contributed by atoms with van der Waals surface area (Å²) in [6, 6.07) is 13.9. The molecule has 0 radical (unpaired) electrons. The van der Waals surface area contributed by atoms with Crippen LogP contribution in [0.25, 0.3) is 0 Å². The second-order valence-corrected chi connectivity index (χ2v) is 8.24. The molecular formula is C19H26ClIN4O3S. The van der Waals surface area contributed by atoms with Gasteiger partial charge in [0.1, 0.15) is 5.75 Å². The lowest BCUT2D eigenvalue weighted by atomic mass is 10.2. The van der Waals surface area contributed by atoms with Gasteiger partial charge in [0.15, 0.2) is 5.96 Å². The molecule has 0 bridgehead atoms. The Morgan fingerprint density at radius 1 is 1.17 bits per heavy atom. The molecule has 0 saturated carbocycles. The normalized spacial score (nSPS) is 11.5. The van der Waals surface area contributed by atoms with Gasteiger partial charge in [-0.25, -0.2) is 13.1 Å². The van der Waals surface area contributed by atoms with E-state index < -0.39 is 10.0 Å². The van der Waals surface area contributed by atoms with E-state index in [9.17, 15) is 8.42 Å². The zero-order valence-electron chi connectivity index (χ0n) is 16.6. The fourth-order valence-electron chi connectivity index (χ4n) is 2.54. The van der Waals surface area contributed by atoms with Gasteiger partial charge in [0.25, 0.3) is 0 Å². The van der Waals surface area contributed by atoms with E-state index in [-0.39, 0.29) is 35.4 Å². The van der Waals surface area contributed by atoms with E-state index in [1.54, 1.807) is 26.3 Å². The minimum atomic E-state index is -3.60. The Hall–Kier alpha value is -1.56. The molecule has 0 spiro atoms. The molecule has 0 heterocycles. The quantitative estimate of drug-likeness (QED) is 0.228. The Morgan fingerprint density at radius 2 is 1.86 bits per heavy atom. The topological polar surface area (TPSA) is 83.0 Å². The minimum absolute atomic E-state index is 0. The Morgan fingerprint density at radius 3 is 2.45 bits per heavy atom. The lowest BCUT2D eigenvalue weighted by molar-refractivity contribution is 0.414. The molecule has 2 aromatic rings. The molecule has 0 amide bonds. The van der Waals surface area contributed by atoms with Gasteiger partial charge in [0.05, 0.1) is 12.0 Å². The molecular weight excluding hydrogens is 527 g/mol. The third kappa shape index (κ3) is 8.00. The number of benzene rings is 2. The molecule has 0 unspecified atom stereocenters. The Bertz CT molecular complexity index is 908. The smallest absolute Gasteiger partial charge is 0.240 e. The molecule has 0 atom stereocenters. The number of ether oxygens (including phenoxy) is 1. The van der Waals surface area contributed by atoms with Crippen molar-refractivity contribution in [1.29, 1.82) is 0 Å². The maximum absolute atomic E-state index is 12.3. The zero-order chi connectivity index (χ0) is 20.6. The first-order valence-electron chi connectivity index (χ1n) is 8.65. The zero-order valence-corrected chi connectivity index (χ0v) is 20.5. The first-order valence-corrected chi connectivity index (χ1v) is 10.5. The number of sulfonamides is 1. The van der Waals surface area contributed by atoms with Crippen LogP contribution in [0.15, 0.2) is 58.4 Å². The minimum Gasteiger partial charge on any atom is -0.497 e. The van der Waals surface area contributed by atoms with Crippen molar-refractivity contribution >= 4 is 51.6 Å². The largest absolute Gasteiger partial charge is 0.497 e. The van der Waals surface area contributed by atoms with E-state index in [2.05, 4.69) is 15.0 Å². The van der Waals surface area contributed by atoms with Gasteiger partial charge in [-0.3, -0.25) is 4.99 Å². The predicted octanol–water partition coefficient (Wildman–Crippen LogP) is 2.95. The Balaban J connectivity index is 0.00000420. The van der Waals surface area contributed by atoms with Gasteiger partial charge in [0.2, 0.25) is 10.0 Å². The van der Waals surface area contributed by atoms with Crippen LogP contribution in [0.2, 0.25) is 5.02 Å². The molecule has 2 N–H and O–H groups in total. The molecule has 29 heavy (non-hydrogen) atoms. The van der Waals surface area contributed by atoms with Crippen LogP contribution in [0.5, 0.6) is 5.75 Å². The van der Waals surface area contributed by atoms with Crippen molar-refractivity contribution in [2.45, 2.75) is 11.4 Å². The summed E-state index contributed by atoms with van der Waals surface area (Å²) in [7, 11) is 1.63. The molecule has 0 aliphatic heterocycles. The highest BCUT2D eigenvalue weighted by Gasteiger charge is 2.14. The fourth-order valence-corrected chi connectivity index (χ4v) is 3.87. The fraction of sp³-hybridized carbons (Fsp3) is 0.316. The summed E-state index contributed by atoms with van der Waals surface area (Å²) in [6.07, 6.45) is 0. The van der Waals surface area contributed by atoms with Crippen LogP contribution in [-0.2, 0) is 16.6 Å². The number of guanidine groups is 1. The summed E-state index contributed by atoms with van der Waals surface area (Å²) in [6.45, 7) is 1.25. The SMILES string of the molecule is CN=C(NCCNS(=O)(=O)c1cccc(Cl)c1)N(C)Cc1ccc(OC)cc1.I. The third-order valence-electron chi connectivity index (χ3n) is 3.96. The number of halogens is 2. The van der Waals surface area contributed by atoms with E-state index >= 15 is 0 Å². The summed E-state index contributed by atoms with van der Waals surface area (Å²) < 4.78 is 32.3. The maximum atomic E-state index is 12.3. The molecule has 0 fully saturated rings. The Labute approximate surface area is 194 Å². The van der Waals surface area contributed by atoms with E-state index in [1.165, 1.54) is 12.1 Å². The molecule has 2 rings (SSSR count). The summed E-state index contributed by atoms with van der Waals surface area (Å²) >= 11 is 5.86. The van der Waals surface area contributed by atoms with Crippen LogP contribution in [0.4, 0.5) is 0 Å². The van der Waals surface area contributed by atoms with Crippen molar-refractivity contribution in [3.63, 3.8) is 0 Å². The van der Waals surface area contributed by atoms with Crippen molar-refractivity contribution in [2.75, 3.05) is 34.3 Å². The van der Waals surface area contributed by atoms with Crippen LogP contribution in [0, 0.1) is 0 Å².